The van der Waals surface area contributed by atoms with Gasteiger partial charge in [-0.3, -0.25) is 14.5 Å². The maximum atomic E-state index is 12.2. The van der Waals surface area contributed by atoms with Gasteiger partial charge in [-0.1, -0.05) is 26.7 Å². The van der Waals surface area contributed by atoms with Crippen molar-refractivity contribution < 1.29 is 14.7 Å². The molecule has 0 aliphatic carbocycles. The van der Waals surface area contributed by atoms with Gasteiger partial charge in [-0.05, 0) is 12.8 Å². The van der Waals surface area contributed by atoms with Crippen molar-refractivity contribution in [3.63, 3.8) is 0 Å². The summed E-state index contributed by atoms with van der Waals surface area (Å²) in [7, 11) is 0. The second-order valence-electron chi connectivity index (χ2n) is 5.32. The van der Waals surface area contributed by atoms with Crippen molar-refractivity contribution in [2.45, 2.75) is 39.5 Å². The van der Waals surface area contributed by atoms with Crippen molar-refractivity contribution in [1.82, 2.24) is 9.80 Å². The fraction of sp³-hybridized carbons (Fsp3) is 0.857. The van der Waals surface area contributed by atoms with Gasteiger partial charge in [-0.2, -0.15) is 0 Å². The molecule has 0 aromatic carbocycles. The van der Waals surface area contributed by atoms with E-state index in [1.54, 1.807) is 0 Å². The van der Waals surface area contributed by atoms with Gasteiger partial charge in [0, 0.05) is 26.2 Å². The predicted octanol–water partition coefficient (Wildman–Crippen LogP) is 1.43. The maximum Gasteiger partial charge on any atom is 0.309 e. The Morgan fingerprint density at radius 3 is 2.11 bits per heavy atom. The van der Waals surface area contributed by atoms with Gasteiger partial charge in [0.2, 0.25) is 5.91 Å². The zero-order chi connectivity index (χ0) is 14.3. The smallest absolute Gasteiger partial charge is 0.309 e. The fourth-order valence-corrected chi connectivity index (χ4v) is 2.21. The Morgan fingerprint density at radius 1 is 1.16 bits per heavy atom. The topological polar surface area (TPSA) is 60.9 Å². The van der Waals surface area contributed by atoms with Crippen LogP contribution in [-0.4, -0.2) is 59.5 Å². The highest BCUT2D eigenvalue weighted by molar-refractivity contribution is 5.79. The van der Waals surface area contributed by atoms with Gasteiger partial charge >= 0.3 is 5.97 Å². The van der Waals surface area contributed by atoms with Crippen LogP contribution in [0.4, 0.5) is 0 Å². The minimum absolute atomic E-state index is 0.144. The number of nitrogens with zero attached hydrogens (tertiary/aromatic N) is 2. The summed E-state index contributed by atoms with van der Waals surface area (Å²) in [6, 6.07) is 0. The van der Waals surface area contributed by atoms with Crippen LogP contribution in [-0.2, 0) is 9.59 Å². The molecule has 0 atom stereocenters. The highest BCUT2D eigenvalue weighted by Crippen LogP contribution is 2.15. The quantitative estimate of drug-likeness (QED) is 0.688. The molecule has 1 heterocycles. The standard InChI is InChI=1S/C14H26N2O3/c1-3-5-7-16(8-6-4-2)13(17)11-15-9-12(10-15)14(18)19/h12H,3-11H2,1-2H3,(H,18,19). The molecule has 0 aromatic heterocycles. The van der Waals surface area contributed by atoms with E-state index in [1.807, 2.05) is 9.80 Å². The van der Waals surface area contributed by atoms with Crippen LogP contribution in [0.2, 0.25) is 0 Å². The molecule has 0 bridgehead atoms. The average molecular weight is 270 g/mol. The molecule has 1 amide bonds. The lowest BCUT2D eigenvalue weighted by atomic mass is 10.0. The van der Waals surface area contributed by atoms with Gasteiger partial charge in [0.05, 0.1) is 12.5 Å². The van der Waals surface area contributed by atoms with Crippen LogP contribution >= 0.6 is 0 Å². The molecule has 1 rings (SSSR count). The van der Waals surface area contributed by atoms with E-state index in [-0.39, 0.29) is 11.8 Å². The van der Waals surface area contributed by atoms with Gasteiger partial charge in [0.25, 0.3) is 0 Å². The maximum absolute atomic E-state index is 12.2. The Bertz CT molecular complexity index is 293. The third kappa shape index (κ3) is 5.19. The normalized spacial score (nSPS) is 16.1. The number of unbranched alkanes of at least 4 members (excludes halogenated alkanes) is 2. The van der Waals surface area contributed by atoms with Crippen molar-refractivity contribution in [3.05, 3.63) is 0 Å². The zero-order valence-corrected chi connectivity index (χ0v) is 12.1. The van der Waals surface area contributed by atoms with Gasteiger partial charge in [-0.25, -0.2) is 0 Å². The molecule has 5 nitrogen and oxygen atoms in total. The van der Waals surface area contributed by atoms with Gasteiger partial charge < -0.3 is 10.0 Å². The molecule has 110 valence electrons. The summed E-state index contributed by atoms with van der Waals surface area (Å²) in [5, 5.41) is 8.80. The van der Waals surface area contributed by atoms with E-state index in [1.165, 1.54) is 0 Å². The molecule has 1 N–H and O–H groups in total. The zero-order valence-electron chi connectivity index (χ0n) is 12.1. The highest BCUT2D eigenvalue weighted by Gasteiger charge is 2.33. The lowest BCUT2D eigenvalue weighted by Crippen LogP contribution is -2.54. The van der Waals surface area contributed by atoms with Gasteiger partial charge in [0.15, 0.2) is 0 Å². The number of hydrogen-bond donors (Lipinski definition) is 1. The van der Waals surface area contributed by atoms with E-state index in [0.29, 0.717) is 19.6 Å². The molecule has 19 heavy (non-hydrogen) atoms. The first-order valence-corrected chi connectivity index (χ1v) is 7.31. The average Bonchev–Trinajstić information content (AvgIpc) is 2.32. The van der Waals surface area contributed by atoms with Crippen LogP contribution in [0.15, 0.2) is 0 Å². The van der Waals surface area contributed by atoms with Crippen LogP contribution in [0.1, 0.15) is 39.5 Å². The lowest BCUT2D eigenvalue weighted by molar-refractivity contribution is -0.150. The first kappa shape index (κ1) is 16.0. The Hall–Kier alpha value is -1.10. The third-order valence-electron chi connectivity index (χ3n) is 3.58. The van der Waals surface area contributed by atoms with E-state index in [4.69, 9.17) is 5.11 Å². The van der Waals surface area contributed by atoms with E-state index in [9.17, 15) is 9.59 Å². The second kappa shape index (κ2) is 8.15. The molecule has 1 fully saturated rings. The lowest BCUT2D eigenvalue weighted by Gasteiger charge is -2.37. The number of carbonyl (C=O) groups is 2. The molecular formula is C14H26N2O3. The predicted molar refractivity (Wildman–Crippen MR) is 74.0 cm³/mol. The number of carboxylic acid groups (broad SMARTS) is 1. The Morgan fingerprint density at radius 2 is 1.68 bits per heavy atom. The van der Waals surface area contributed by atoms with Crippen LogP contribution in [0.25, 0.3) is 0 Å². The number of likely N-dealkylation sites (tertiary alicyclic amines) is 1. The van der Waals surface area contributed by atoms with Crippen molar-refractivity contribution in [1.29, 1.82) is 0 Å². The molecule has 0 saturated carbocycles. The molecule has 1 aliphatic rings. The molecule has 0 aromatic rings. The minimum Gasteiger partial charge on any atom is -0.481 e. The number of amides is 1. The summed E-state index contributed by atoms with van der Waals surface area (Å²) in [4.78, 5) is 26.7. The van der Waals surface area contributed by atoms with Crippen LogP contribution in [0.3, 0.4) is 0 Å². The SMILES string of the molecule is CCCCN(CCCC)C(=O)CN1CC(C(=O)O)C1. The summed E-state index contributed by atoms with van der Waals surface area (Å²) in [6.07, 6.45) is 4.24. The van der Waals surface area contributed by atoms with E-state index in [0.717, 1.165) is 38.8 Å². The van der Waals surface area contributed by atoms with Crippen molar-refractivity contribution in [2.24, 2.45) is 5.92 Å². The molecule has 0 radical (unpaired) electrons. The molecule has 1 saturated heterocycles. The highest BCUT2D eigenvalue weighted by atomic mass is 16.4. The number of carboxylic acids is 1. The van der Waals surface area contributed by atoms with Crippen LogP contribution in [0.5, 0.6) is 0 Å². The minimum atomic E-state index is -0.752. The monoisotopic (exact) mass is 270 g/mol. The van der Waals surface area contributed by atoms with E-state index in [2.05, 4.69) is 13.8 Å². The summed E-state index contributed by atoms with van der Waals surface area (Å²) in [5.74, 6) is -0.893. The van der Waals surface area contributed by atoms with Gasteiger partial charge in [0.1, 0.15) is 0 Å². The summed E-state index contributed by atoms with van der Waals surface area (Å²) < 4.78 is 0. The second-order valence-corrected chi connectivity index (χ2v) is 5.32. The molecule has 1 aliphatic heterocycles. The van der Waals surface area contributed by atoms with Crippen molar-refractivity contribution >= 4 is 11.9 Å². The number of carbonyl (C=O) groups excluding carboxylic acids is 1. The number of hydrogen-bond acceptors (Lipinski definition) is 3. The number of rotatable bonds is 9. The molecule has 0 unspecified atom stereocenters. The fourth-order valence-electron chi connectivity index (χ4n) is 2.21. The first-order chi connectivity index (χ1) is 9.08. The Kier molecular flexibility index (Phi) is 6.84. The van der Waals surface area contributed by atoms with Crippen LogP contribution in [0, 0.1) is 5.92 Å². The van der Waals surface area contributed by atoms with E-state index >= 15 is 0 Å². The Balaban J connectivity index is 2.33. The third-order valence-corrected chi connectivity index (χ3v) is 3.58. The summed E-state index contributed by atoms with van der Waals surface area (Å²) in [5.41, 5.74) is 0. The largest absolute Gasteiger partial charge is 0.481 e. The van der Waals surface area contributed by atoms with Crippen LogP contribution < -0.4 is 0 Å². The van der Waals surface area contributed by atoms with Crippen molar-refractivity contribution in [3.8, 4) is 0 Å². The van der Waals surface area contributed by atoms with Gasteiger partial charge in [-0.15, -0.1) is 0 Å². The summed E-state index contributed by atoms with van der Waals surface area (Å²) >= 11 is 0. The number of aliphatic carboxylic acids is 1. The first-order valence-electron chi connectivity index (χ1n) is 7.31. The molecular weight excluding hydrogens is 244 g/mol. The molecule has 0 spiro atoms. The Labute approximate surface area is 115 Å². The summed E-state index contributed by atoms with van der Waals surface area (Å²) in [6.45, 7) is 7.28. The molecule has 5 heteroatoms. The van der Waals surface area contributed by atoms with E-state index < -0.39 is 5.97 Å². The van der Waals surface area contributed by atoms with Crippen molar-refractivity contribution in [2.75, 3.05) is 32.7 Å².